The molecule has 0 aliphatic carbocycles. The molecule has 1 aromatic carbocycles. The van der Waals surface area contributed by atoms with Gasteiger partial charge in [0.05, 0.1) is 5.92 Å². The minimum atomic E-state index is -0.613. The number of carboxylic acid groups (broad SMARTS) is 1. The Morgan fingerprint density at radius 3 is 2.84 bits per heavy atom. The number of aliphatic carboxylic acids is 1. The largest absolute Gasteiger partial charge is 0.481 e. The predicted molar refractivity (Wildman–Crippen MR) is 74.0 cm³/mol. The average Bonchev–Trinajstić information content (AvgIpc) is 2.91. The van der Waals surface area contributed by atoms with Crippen LogP contribution in [0.15, 0.2) is 18.2 Å². The van der Waals surface area contributed by atoms with Crippen molar-refractivity contribution >= 4 is 5.97 Å². The molecule has 2 aliphatic heterocycles. The van der Waals surface area contributed by atoms with Gasteiger partial charge in [0.1, 0.15) is 0 Å². The van der Waals surface area contributed by atoms with Crippen LogP contribution in [0.2, 0.25) is 0 Å². The highest BCUT2D eigenvalue weighted by Crippen LogP contribution is 2.42. The second-order valence-corrected chi connectivity index (χ2v) is 6.08. The molecular formula is C16H21NO2. The van der Waals surface area contributed by atoms with Gasteiger partial charge < -0.3 is 5.11 Å². The quantitative estimate of drug-likeness (QED) is 0.907. The Kier molecular flexibility index (Phi) is 3.09. The van der Waals surface area contributed by atoms with Crippen LogP contribution in [0.5, 0.6) is 0 Å². The van der Waals surface area contributed by atoms with Crippen molar-refractivity contribution in [2.75, 3.05) is 0 Å². The van der Waals surface area contributed by atoms with Crippen molar-refractivity contribution < 1.29 is 9.90 Å². The summed E-state index contributed by atoms with van der Waals surface area (Å²) in [5, 5.41) is 9.29. The molecule has 0 amide bonds. The SMILES string of the molecule is Cc1ccc(C)c(CN2C3CCC2C(C(=O)O)C3)c1. The number of carboxylic acids is 1. The maximum Gasteiger partial charge on any atom is 0.308 e. The fourth-order valence-electron chi connectivity index (χ4n) is 3.78. The first-order valence-electron chi connectivity index (χ1n) is 7.11. The van der Waals surface area contributed by atoms with Gasteiger partial charge in [-0.15, -0.1) is 0 Å². The maximum absolute atomic E-state index is 11.3. The maximum atomic E-state index is 11.3. The highest BCUT2D eigenvalue weighted by Gasteiger charge is 2.48. The third-order valence-electron chi connectivity index (χ3n) is 4.86. The molecule has 3 heteroatoms. The highest BCUT2D eigenvalue weighted by molar-refractivity contribution is 5.71. The van der Waals surface area contributed by atoms with E-state index in [4.69, 9.17) is 0 Å². The number of hydrogen-bond acceptors (Lipinski definition) is 2. The van der Waals surface area contributed by atoms with Gasteiger partial charge in [0, 0.05) is 18.6 Å². The molecule has 19 heavy (non-hydrogen) atoms. The molecule has 2 saturated heterocycles. The standard InChI is InChI=1S/C16H21NO2/c1-10-3-4-11(2)12(7-10)9-17-13-5-6-15(17)14(8-13)16(18)19/h3-4,7,13-15H,5-6,8-9H2,1-2H3,(H,18,19). The molecule has 0 saturated carbocycles. The van der Waals surface area contributed by atoms with Gasteiger partial charge in [-0.25, -0.2) is 0 Å². The summed E-state index contributed by atoms with van der Waals surface area (Å²) in [5.41, 5.74) is 3.94. The van der Waals surface area contributed by atoms with Crippen LogP contribution in [0.4, 0.5) is 0 Å². The summed E-state index contributed by atoms with van der Waals surface area (Å²) in [6.07, 6.45) is 3.05. The topological polar surface area (TPSA) is 40.5 Å². The lowest BCUT2D eigenvalue weighted by molar-refractivity contribution is -0.142. The minimum Gasteiger partial charge on any atom is -0.481 e. The Bertz CT molecular complexity index is 511. The molecule has 3 unspecified atom stereocenters. The van der Waals surface area contributed by atoms with Crippen LogP contribution in [-0.4, -0.2) is 28.1 Å². The van der Waals surface area contributed by atoms with E-state index < -0.39 is 5.97 Å². The third-order valence-corrected chi connectivity index (χ3v) is 4.86. The molecule has 0 aromatic heterocycles. The lowest BCUT2D eigenvalue weighted by Gasteiger charge is -2.23. The monoisotopic (exact) mass is 259 g/mol. The lowest BCUT2D eigenvalue weighted by atomic mass is 9.89. The highest BCUT2D eigenvalue weighted by atomic mass is 16.4. The Labute approximate surface area is 114 Å². The molecule has 0 spiro atoms. The van der Waals surface area contributed by atoms with Crippen LogP contribution in [0.25, 0.3) is 0 Å². The number of nitrogens with zero attached hydrogens (tertiary/aromatic N) is 1. The lowest BCUT2D eigenvalue weighted by Crippen LogP contribution is -2.32. The summed E-state index contributed by atoms with van der Waals surface area (Å²) in [5.74, 6) is -0.762. The fraction of sp³-hybridized carbons (Fsp3) is 0.562. The van der Waals surface area contributed by atoms with E-state index >= 15 is 0 Å². The first kappa shape index (κ1) is 12.7. The van der Waals surface area contributed by atoms with E-state index in [2.05, 4.69) is 36.9 Å². The summed E-state index contributed by atoms with van der Waals surface area (Å²) in [6, 6.07) is 7.27. The van der Waals surface area contributed by atoms with Gasteiger partial charge in [0.2, 0.25) is 0 Å². The molecule has 2 heterocycles. The molecule has 1 N–H and O–H groups in total. The second kappa shape index (κ2) is 4.64. The van der Waals surface area contributed by atoms with Crippen molar-refractivity contribution in [3.8, 4) is 0 Å². The van der Waals surface area contributed by atoms with E-state index in [0.717, 1.165) is 19.4 Å². The molecule has 3 nitrogen and oxygen atoms in total. The summed E-state index contributed by atoms with van der Waals surface area (Å²) in [7, 11) is 0. The van der Waals surface area contributed by atoms with Crippen molar-refractivity contribution in [2.45, 2.75) is 51.7 Å². The van der Waals surface area contributed by atoms with Gasteiger partial charge in [-0.05, 0) is 44.2 Å². The number of hydrogen-bond donors (Lipinski definition) is 1. The summed E-state index contributed by atoms with van der Waals surface area (Å²) in [4.78, 5) is 13.7. The van der Waals surface area contributed by atoms with Gasteiger partial charge in [-0.3, -0.25) is 9.69 Å². The van der Waals surface area contributed by atoms with Crippen molar-refractivity contribution in [1.29, 1.82) is 0 Å². The number of carbonyl (C=O) groups is 1. The first-order chi connectivity index (χ1) is 9.06. The van der Waals surface area contributed by atoms with Crippen LogP contribution < -0.4 is 0 Å². The number of rotatable bonds is 3. The summed E-state index contributed by atoms with van der Waals surface area (Å²) in [6.45, 7) is 5.16. The van der Waals surface area contributed by atoms with Crippen LogP contribution in [0, 0.1) is 19.8 Å². The van der Waals surface area contributed by atoms with E-state index in [0.29, 0.717) is 6.04 Å². The van der Waals surface area contributed by atoms with Gasteiger partial charge in [0.15, 0.2) is 0 Å². The van der Waals surface area contributed by atoms with E-state index in [1.54, 1.807) is 0 Å². The van der Waals surface area contributed by atoms with Crippen LogP contribution in [0.3, 0.4) is 0 Å². The van der Waals surface area contributed by atoms with E-state index in [9.17, 15) is 9.90 Å². The molecule has 1 aromatic rings. The van der Waals surface area contributed by atoms with Crippen LogP contribution in [0.1, 0.15) is 36.0 Å². The van der Waals surface area contributed by atoms with Crippen molar-refractivity contribution in [3.63, 3.8) is 0 Å². The molecule has 102 valence electrons. The van der Waals surface area contributed by atoms with E-state index in [1.807, 2.05) is 0 Å². The molecule has 3 atom stereocenters. The Morgan fingerprint density at radius 1 is 1.37 bits per heavy atom. The van der Waals surface area contributed by atoms with Crippen LogP contribution >= 0.6 is 0 Å². The molecule has 2 fully saturated rings. The minimum absolute atomic E-state index is 0.149. The predicted octanol–water partition coefficient (Wildman–Crippen LogP) is 2.74. The smallest absolute Gasteiger partial charge is 0.308 e. The normalized spacial score (nSPS) is 29.9. The summed E-state index contributed by atoms with van der Waals surface area (Å²) >= 11 is 0. The van der Waals surface area contributed by atoms with Gasteiger partial charge >= 0.3 is 5.97 Å². The number of benzene rings is 1. The Hall–Kier alpha value is -1.35. The zero-order valence-corrected chi connectivity index (χ0v) is 11.6. The average molecular weight is 259 g/mol. The third kappa shape index (κ3) is 2.16. The fourth-order valence-corrected chi connectivity index (χ4v) is 3.78. The molecule has 0 radical (unpaired) electrons. The second-order valence-electron chi connectivity index (χ2n) is 6.08. The molecular weight excluding hydrogens is 238 g/mol. The van der Waals surface area contributed by atoms with Crippen molar-refractivity contribution in [1.82, 2.24) is 4.90 Å². The zero-order valence-electron chi connectivity index (χ0n) is 11.6. The summed E-state index contributed by atoms with van der Waals surface area (Å²) < 4.78 is 0. The van der Waals surface area contributed by atoms with E-state index in [-0.39, 0.29) is 12.0 Å². The van der Waals surface area contributed by atoms with Gasteiger partial charge in [-0.1, -0.05) is 23.8 Å². The van der Waals surface area contributed by atoms with Crippen molar-refractivity contribution in [3.05, 3.63) is 34.9 Å². The van der Waals surface area contributed by atoms with Gasteiger partial charge in [0.25, 0.3) is 0 Å². The first-order valence-corrected chi connectivity index (χ1v) is 7.11. The zero-order chi connectivity index (χ0) is 13.6. The molecule has 2 aliphatic rings. The van der Waals surface area contributed by atoms with Gasteiger partial charge in [-0.2, -0.15) is 0 Å². The van der Waals surface area contributed by atoms with Crippen LogP contribution in [-0.2, 0) is 11.3 Å². The number of fused-ring (bicyclic) bond motifs is 2. The molecule has 2 bridgehead atoms. The van der Waals surface area contributed by atoms with Crippen molar-refractivity contribution in [2.24, 2.45) is 5.92 Å². The van der Waals surface area contributed by atoms with E-state index in [1.165, 1.54) is 23.1 Å². The number of aryl methyl sites for hydroxylation is 2. The Morgan fingerprint density at radius 2 is 2.16 bits per heavy atom. The molecule has 3 rings (SSSR count). The Balaban J connectivity index is 1.81.